The number of benzene rings is 1. The Morgan fingerprint density at radius 1 is 1.31 bits per heavy atom. The van der Waals surface area contributed by atoms with Crippen LogP contribution in [0.4, 0.5) is 0 Å². The molecule has 0 radical (unpaired) electrons. The fraction of sp³-hybridized carbons (Fsp3) is 0.333. The number of imidazole rings is 1. The van der Waals surface area contributed by atoms with E-state index < -0.39 is 0 Å². The van der Waals surface area contributed by atoms with Gasteiger partial charge in [0, 0.05) is 19.7 Å². The first-order valence-corrected chi connectivity index (χ1v) is 5.17. The summed E-state index contributed by atoms with van der Waals surface area (Å²) in [5.74, 6) is 0.879. The van der Waals surface area contributed by atoms with E-state index in [1.54, 1.807) is 19.0 Å². The molecular formula is C12H15N3O. The third-order valence-corrected chi connectivity index (χ3v) is 2.55. The Labute approximate surface area is 94.3 Å². The summed E-state index contributed by atoms with van der Waals surface area (Å²) in [5, 5.41) is 0. The molecule has 0 aliphatic carbocycles. The number of aromatic nitrogens is 2. The molecule has 4 heteroatoms. The largest absolute Gasteiger partial charge is 0.345 e. The molecule has 0 unspecified atom stereocenters. The monoisotopic (exact) mass is 217 g/mol. The summed E-state index contributed by atoms with van der Waals surface area (Å²) < 4.78 is 0. The van der Waals surface area contributed by atoms with E-state index in [1.807, 2.05) is 26.0 Å². The van der Waals surface area contributed by atoms with Crippen molar-refractivity contribution in [3.8, 4) is 0 Å². The van der Waals surface area contributed by atoms with E-state index >= 15 is 0 Å². The molecule has 0 bridgehead atoms. The highest BCUT2D eigenvalue weighted by Gasteiger charge is 2.12. The number of hydrogen-bond donors (Lipinski definition) is 1. The fourth-order valence-corrected chi connectivity index (χ4v) is 1.80. The highest BCUT2D eigenvalue weighted by Crippen LogP contribution is 2.19. The van der Waals surface area contributed by atoms with Gasteiger partial charge >= 0.3 is 0 Å². The summed E-state index contributed by atoms with van der Waals surface area (Å²) in [6.45, 7) is 3.88. The van der Waals surface area contributed by atoms with Crippen LogP contribution in [0.2, 0.25) is 0 Å². The van der Waals surface area contributed by atoms with Gasteiger partial charge in [-0.3, -0.25) is 4.79 Å². The van der Waals surface area contributed by atoms with Crippen molar-refractivity contribution in [1.29, 1.82) is 0 Å². The smallest absolute Gasteiger partial charge is 0.253 e. The van der Waals surface area contributed by atoms with Crippen molar-refractivity contribution in [2.75, 3.05) is 14.1 Å². The van der Waals surface area contributed by atoms with E-state index in [1.165, 1.54) is 0 Å². The Hall–Kier alpha value is -1.84. The lowest BCUT2D eigenvalue weighted by Crippen LogP contribution is -2.21. The zero-order chi connectivity index (χ0) is 11.9. The molecule has 4 nitrogen and oxygen atoms in total. The maximum Gasteiger partial charge on any atom is 0.253 e. The van der Waals surface area contributed by atoms with Crippen LogP contribution in [-0.2, 0) is 0 Å². The van der Waals surface area contributed by atoms with Gasteiger partial charge in [-0.1, -0.05) is 0 Å². The Balaban J connectivity index is 2.61. The van der Waals surface area contributed by atoms with E-state index in [0.717, 1.165) is 22.4 Å². The molecule has 0 saturated heterocycles. The number of aromatic amines is 1. The highest BCUT2D eigenvalue weighted by atomic mass is 16.2. The fourth-order valence-electron chi connectivity index (χ4n) is 1.80. The minimum Gasteiger partial charge on any atom is -0.345 e. The Kier molecular flexibility index (Phi) is 2.42. The molecular weight excluding hydrogens is 202 g/mol. The first-order chi connectivity index (χ1) is 7.49. The molecule has 16 heavy (non-hydrogen) atoms. The molecule has 1 aromatic heterocycles. The highest BCUT2D eigenvalue weighted by molar-refractivity contribution is 5.98. The SMILES string of the molecule is Cc1nc2c(C)cc(C(=O)N(C)C)cc2[nH]1. The van der Waals surface area contributed by atoms with Gasteiger partial charge in [-0.15, -0.1) is 0 Å². The van der Waals surface area contributed by atoms with Gasteiger partial charge in [0.25, 0.3) is 5.91 Å². The second-order valence-corrected chi connectivity index (χ2v) is 4.21. The first kappa shape index (κ1) is 10.7. The number of aryl methyl sites for hydroxylation is 2. The summed E-state index contributed by atoms with van der Waals surface area (Å²) in [4.78, 5) is 20.9. The van der Waals surface area contributed by atoms with Crippen LogP contribution in [0, 0.1) is 13.8 Å². The molecule has 1 aromatic carbocycles. The second kappa shape index (κ2) is 3.63. The van der Waals surface area contributed by atoms with Crippen molar-refractivity contribution >= 4 is 16.9 Å². The molecule has 0 spiro atoms. The van der Waals surface area contributed by atoms with Crippen LogP contribution in [0.15, 0.2) is 12.1 Å². The second-order valence-electron chi connectivity index (χ2n) is 4.21. The number of hydrogen-bond acceptors (Lipinski definition) is 2. The molecule has 0 saturated carbocycles. The van der Waals surface area contributed by atoms with Gasteiger partial charge in [0.15, 0.2) is 0 Å². The molecule has 0 atom stereocenters. The predicted octanol–water partition coefficient (Wildman–Crippen LogP) is 1.88. The van der Waals surface area contributed by atoms with E-state index in [4.69, 9.17) is 0 Å². The molecule has 0 aliphatic rings. The molecule has 0 fully saturated rings. The Morgan fingerprint density at radius 2 is 2.00 bits per heavy atom. The molecule has 1 heterocycles. The van der Waals surface area contributed by atoms with Crippen LogP contribution in [-0.4, -0.2) is 34.9 Å². The predicted molar refractivity (Wildman–Crippen MR) is 63.6 cm³/mol. The van der Waals surface area contributed by atoms with Gasteiger partial charge in [0.2, 0.25) is 0 Å². The molecule has 2 rings (SSSR count). The minimum atomic E-state index is 0.0113. The average Bonchev–Trinajstić information content (AvgIpc) is 2.57. The number of H-pyrrole nitrogens is 1. The summed E-state index contributed by atoms with van der Waals surface area (Å²) in [6.07, 6.45) is 0. The van der Waals surface area contributed by atoms with Gasteiger partial charge in [0.05, 0.1) is 11.0 Å². The van der Waals surface area contributed by atoms with Crippen molar-refractivity contribution in [3.05, 3.63) is 29.1 Å². The number of carbonyl (C=O) groups is 1. The van der Waals surface area contributed by atoms with E-state index in [0.29, 0.717) is 5.56 Å². The third kappa shape index (κ3) is 1.66. The average molecular weight is 217 g/mol. The lowest BCUT2D eigenvalue weighted by atomic mass is 10.1. The zero-order valence-electron chi connectivity index (χ0n) is 9.96. The number of amides is 1. The van der Waals surface area contributed by atoms with Crippen molar-refractivity contribution in [2.24, 2.45) is 0 Å². The van der Waals surface area contributed by atoms with Gasteiger partial charge < -0.3 is 9.88 Å². The number of fused-ring (bicyclic) bond motifs is 1. The third-order valence-electron chi connectivity index (χ3n) is 2.55. The lowest BCUT2D eigenvalue weighted by Gasteiger charge is -2.10. The van der Waals surface area contributed by atoms with Crippen LogP contribution in [0.25, 0.3) is 11.0 Å². The van der Waals surface area contributed by atoms with Crippen LogP contribution in [0.3, 0.4) is 0 Å². The van der Waals surface area contributed by atoms with Crippen molar-refractivity contribution in [3.63, 3.8) is 0 Å². The van der Waals surface area contributed by atoms with Gasteiger partial charge in [0.1, 0.15) is 5.82 Å². The molecule has 1 amide bonds. The first-order valence-electron chi connectivity index (χ1n) is 5.17. The number of nitrogens with one attached hydrogen (secondary N) is 1. The van der Waals surface area contributed by atoms with E-state index in [2.05, 4.69) is 9.97 Å². The molecule has 0 aliphatic heterocycles. The summed E-state index contributed by atoms with van der Waals surface area (Å²) in [7, 11) is 3.50. The summed E-state index contributed by atoms with van der Waals surface area (Å²) in [5.41, 5.74) is 3.57. The topological polar surface area (TPSA) is 49.0 Å². The molecule has 84 valence electrons. The molecule has 1 N–H and O–H groups in total. The van der Waals surface area contributed by atoms with Gasteiger partial charge in [-0.2, -0.15) is 0 Å². The van der Waals surface area contributed by atoms with Crippen LogP contribution < -0.4 is 0 Å². The number of nitrogens with zero attached hydrogens (tertiary/aromatic N) is 2. The maximum absolute atomic E-state index is 11.8. The molecule has 2 aromatic rings. The standard InChI is InChI=1S/C12H15N3O/c1-7-5-9(12(16)15(3)4)6-10-11(7)14-8(2)13-10/h5-6H,1-4H3,(H,13,14). The summed E-state index contributed by atoms with van der Waals surface area (Å²) in [6, 6.07) is 3.73. The summed E-state index contributed by atoms with van der Waals surface area (Å²) >= 11 is 0. The Bertz CT molecular complexity index is 555. The normalized spacial score (nSPS) is 10.8. The van der Waals surface area contributed by atoms with E-state index in [9.17, 15) is 4.79 Å². The Morgan fingerprint density at radius 3 is 2.62 bits per heavy atom. The number of carbonyl (C=O) groups excluding carboxylic acids is 1. The lowest BCUT2D eigenvalue weighted by molar-refractivity contribution is 0.0827. The van der Waals surface area contributed by atoms with Crippen molar-refractivity contribution in [1.82, 2.24) is 14.9 Å². The van der Waals surface area contributed by atoms with Gasteiger partial charge in [-0.05, 0) is 31.5 Å². The quantitative estimate of drug-likeness (QED) is 0.792. The van der Waals surface area contributed by atoms with Crippen LogP contribution >= 0.6 is 0 Å². The minimum absolute atomic E-state index is 0.0113. The van der Waals surface area contributed by atoms with Crippen molar-refractivity contribution < 1.29 is 4.79 Å². The van der Waals surface area contributed by atoms with Crippen molar-refractivity contribution in [2.45, 2.75) is 13.8 Å². The van der Waals surface area contributed by atoms with Crippen LogP contribution in [0.1, 0.15) is 21.7 Å². The number of rotatable bonds is 1. The zero-order valence-corrected chi connectivity index (χ0v) is 9.96. The van der Waals surface area contributed by atoms with Gasteiger partial charge in [-0.25, -0.2) is 4.98 Å². The van der Waals surface area contributed by atoms with E-state index in [-0.39, 0.29) is 5.91 Å². The maximum atomic E-state index is 11.8. The van der Waals surface area contributed by atoms with Crippen LogP contribution in [0.5, 0.6) is 0 Å².